The van der Waals surface area contributed by atoms with Crippen LogP contribution in [0.3, 0.4) is 0 Å². The Hall–Kier alpha value is -0.530. The molecule has 0 aromatic carbocycles. The van der Waals surface area contributed by atoms with Crippen LogP contribution in [0.25, 0.3) is 0 Å². The zero-order valence-corrected chi connectivity index (χ0v) is 16.0. The summed E-state index contributed by atoms with van der Waals surface area (Å²) in [6.45, 7) is 7.68. The van der Waals surface area contributed by atoms with Gasteiger partial charge in [0.1, 0.15) is 11.4 Å². The Morgan fingerprint density at radius 3 is 2.62 bits per heavy atom. The van der Waals surface area contributed by atoms with Crippen molar-refractivity contribution < 1.29 is 13.9 Å². The van der Waals surface area contributed by atoms with Gasteiger partial charge in [-0.3, -0.25) is 0 Å². The van der Waals surface area contributed by atoms with Crippen molar-refractivity contribution in [3.8, 4) is 0 Å². The van der Waals surface area contributed by atoms with Gasteiger partial charge >= 0.3 is 6.09 Å². The Kier molecular flexibility index (Phi) is 7.23. The van der Waals surface area contributed by atoms with Crippen molar-refractivity contribution in [1.29, 1.82) is 0 Å². The highest BCUT2D eigenvalue weighted by atomic mass is 79.9. The molecule has 0 radical (unpaired) electrons. The third-order valence-corrected chi connectivity index (χ3v) is 4.26. The molecule has 0 fully saturated rings. The molecule has 0 saturated heterocycles. The number of ether oxygens (including phenoxy) is 1. The average molecular weight is 426 g/mol. The molecule has 1 heterocycles. The van der Waals surface area contributed by atoms with Gasteiger partial charge in [-0.15, -0.1) is 0 Å². The van der Waals surface area contributed by atoms with Gasteiger partial charge in [-0.25, -0.2) is 4.79 Å². The van der Waals surface area contributed by atoms with Gasteiger partial charge in [0.25, 0.3) is 0 Å². The van der Waals surface area contributed by atoms with Crippen LogP contribution >= 0.6 is 31.9 Å². The van der Waals surface area contributed by atoms with E-state index in [4.69, 9.17) is 9.15 Å². The first-order valence-electron chi connectivity index (χ1n) is 6.77. The first kappa shape index (κ1) is 18.5. The largest absolute Gasteiger partial charge is 0.452 e. The van der Waals surface area contributed by atoms with Gasteiger partial charge in [0.2, 0.25) is 0 Å². The summed E-state index contributed by atoms with van der Waals surface area (Å²) in [5, 5.41) is 3.27. The van der Waals surface area contributed by atoms with Crippen LogP contribution < -0.4 is 5.32 Å². The van der Waals surface area contributed by atoms with E-state index >= 15 is 0 Å². The van der Waals surface area contributed by atoms with E-state index in [1.54, 1.807) is 11.9 Å². The molecule has 5 nitrogen and oxygen atoms in total. The van der Waals surface area contributed by atoms with Crippen LogP contribution in [0.4, 0.5) is 4.79 Å². The van der Waals surface area contributed by atoms with Gasteiger partial charge < -0.3 is 19.4 Å². The summed E-state index contributed by atoms with van der Waals surface area (Å²) in [4.78, 5) is 13.3. The quantitative estimate of drug-likeness (QED) is 0.695. The van der Waals surface area contributed by atoms with E-state index in [0.717, 1.165) is 23.2 Å². The van der Waals surface area contributed by atoms with Crippen molar-refractivity contribution in [2.45, 2.75) is 39.3 Å². The molecule has 1 aromatic heterocycles. The minimum absolute atomic E-state index is 0.290. The minimum Gasteiger partial charge on any atom is -0.452 e. The molecular weight excluding hydrogens is 404 g/mol. The highest BCUT2D eigenvalue weighted by molar-refractivity contribution is 9.13. The lowest BCUT2D eigenvalue weighted by Gasteiger charge is -2.24. The summed E-state index contributed by atoms with van der Waals surface area (Å²) in [5.74, 6) is 0.856. The van der Waals surface area contributed by atoms with Crippen molar-refractivity contribution in [2.24, 2.45) is 0 Å². The highest BCUT2D eigenvalue weighted by Gasteiger charge is 2.19. The van der Waals surface area contributed by atoms with Crippen LogP contribution in [-0.4, -0.2) is 36.7 Å². The number of rotatable bonds is 6. The molecule has 1 aromatic rings. The van der Waals surface area contributed by atoms with E-state index in [1.807, 2.05) is 26.8 Å². The first-order valence-corrected chi connectivity index (χ1v) is 8.36. The SMILES string of the molecule is CN(CCCNCc1cc(Br)c(Br)o1)C(=O)OC(C)(C)C. The fourth-order valence-electron chi connectivity index (χ4n) is 1.56. The number of carbonyl (C=O) groups excluding carboxylic acids is 1. The number of halogens is 2. The molecule has 21 heavy (non-hydrogen) atoms. The highest BCUT2D eigenvalue weighted by Crippen LogP contribution is 2.26. The Balaban J connectivity index is 2.17. The first-order chi connectivity index (χ1) is 9.69. The standard InChI is InChI=1S/C14H22Br2N2O3/c1-14(2,3)21-13(19)18(4)7-5-6-17-9-10-8-11(15)12(16)20-10/h8,17H,5-7,9H2,1-4H3. The van der Waals surface area contributed by atoms with Gasteiger partial charge in [-0.05, 0) is 71.7 Å². The molecule has 0 aliphatic heterocycles. The van der Waals surface area contributed by atoms with Gasteiger partial charge in [-0.2, -0.15) is 0 Å². The molecule has 0 unspecified atom stereocenters. The summed E-state index contributed by atoms with van der Waals surface area (Å²) in [5.41, 5.74) is -0.455. The fraction of sp³-hybridized carbons (Fsp3) is 0.643. The van der Waals surface area contributed by atoms with E-state index < -0.39 is 5.60 Å². The van der Waals surface area contributed by atoms with Gasteiger partial charge in [0, 0.05) is 13.6 Å². The average Bonchev–Trinajstić information content (AvgIpc) is 2.66. The number of hydrogen-bond acceptors (Lipinski definition) is 4. The number of nitrogens with zero attached hydrogens (tertiary/aromatic N) is 1. The molecule has 1 N–H and O–H groups in total. The third-order valence-electron chi connectivity index (χ3n) is 2.55. The predicted octanol–water partition coefficient (Wildman–Crippen LogP) is 4.15. The molecule has 120 valence electrons. The lowest BCUT2D eigenvalue weighted by molar-refractivity contribution is 0.0297. The van der Waals surface area contributed by atoms with E-state index in [9.17, 15) is 4.79 Å². The molecule has 0 bridgehead atoms. The van der Waals surface area contributed by atoms with E-state index in [1.165, 1.54) is 0 Å². The van der Waals surface area contributed by atoms with E-state index in [0.29, 0.717) is 17.8 Å². The maximum Gasteiger partial charge on any atom is 0.410 e. The lowest BCUT2D eigenvalue weighted by atomic mass is 10.2. The zero-order valence-electron chi connectivity index (χ0n) is 12.8. The molecule has 0 aliphatic carbocycles. The Morgan fingerprint density at radius 2 is 2.10 bits per heavy atom. The van der Waals surface area contributed by atoms with Crippen LogP contribution in [-0.2, 0) is 11.3 Å². The Morgan fingerprint density at radius 1 is 1.43 bits per heavy atom. The van der Waals surface area contributed by atoms with Gasteiger partial charge in [0.15, 0.2) is 4.67 Å². The molecular formula is C14H22Br2N2O3. The van der Waals surface area contributed by atoms with Crippen LogP contribution in [0.5, 0.6) is 0 Å². The van der Waals surface area contributed by atoms with Gasteiger partial charge in [0.05, 0.1) is 11.0 Å². The Bertz CT molecular complexity index is 450. The topological polar surface area (TPSA) is 54.7 Å². The summed E-state index contributed by atoms with van der Waals surface area (Å²) >= 11 is 6.67. The second kappa shape index (κ2) is 8.19. The number of carbonyl (C=O) groups is 1. The third kappa shape index (κ3) is 7.33. The molecule has 1 rings (SSSR count). The number of nitrogens with one attached hydrogen (secondary N) is 1. The summed E-state index contributed by atoms with van der Waals surface area (Å²) in [7, 11) is 1.74. The zero-order chi connectivity index (χ0) is 16.0. The normalized spacial score (nSPS) is 11.5. The van der Waals surface area contributed by atoms with Crippen LogP contribution in [0.15, 0.2) is 19.6 Å². The molecule has 1 amide bonds. The van der Waals surface area contributed by atoms with Crippen molar-refractivity contribution in [1.82, 2.24) is 10.2 Å². The van der Waals surface area contributed by atoms with Crippen molar-refractivity contribution in [2.75, 3.05) is 20.1 Å². The minimum atomic E-state index is -0.455. The Labute approximate surface area is 142 Å². The molecule has 0 saturated carbocycles. The van der Waals surface area contributed by atoms with Crippen molar-refractivity contribution in [3.05, 3.63) is 21.0 Å². The molecule has 0 spiro atoms. The number of furan rings is 1. The van der Waals surface area contributed by atoms with E-state index in [-0.39, 0.29) is 6.09 Å². The second-order valence-corrected chi connectivity index (χ2v) is 7.34. The van der Waals surface area contributed by atoms with Crippen LogP contribution in [0.2, 0.25) is 0 Å². The summed E-state index contributed by atoms with van der Waals surface area (Å²) < 4.78 is 12.3. The van der Waals surface area contributed by atoms with Crippen molar-refractivity contribution >= 4 is 38.0 Å². The number of amides is 1. The summed E-state index contributed by atoms with van der Waals surface area (Å²) in [6, 6.07) is 1.92. The molecule has 0 aliphatic rings. The number of hydrogen-bond donors (Lipinski definition) is 1. The second-order valence-electron chi connectivity index (χ2n) is 5.77. The monoisotopic (exact) mass is 424 g/mol. The molecule has 0 atom stereocenters. The molecule has 7 heteroatoms. The smallest absolute Gasteiger partial charge is 0.410 e. The predicted molar refractivity (Wildman–Crippen MR) is 89.3 cm³/mol. The maximum atomic E-state index is 11.7. The maximum absolute atomic E-state index is 11.7. The van der Waals surface area contributed by atoms with Crippen LogP contribution in [0.1, 0.15) is 33.0 Å². The van der Waals surface area contributed by atoms with E-state index in [2.05, 4.69) is 37.2 Å². The summed E-state index contributed by atoms with van der Waals surface area (Å²) in [6.07, 6.45) is 0.556. The lowest BCUT2D eigenvalue weighted by Crippen LogP contribution is -2.35. The van der Waals surface area contributed by atoms with Crippen LogP contribution in [0, 0.1) is 0 Å². The fourth-order valence-corrected chi connectivity index (χ4v) is 2.22. The van der Waals surface area contributed by atoms with Gasteiger partial charge in [-0.1, -0.05) is 0 Å². The van der Waals surface area contributed by atoms with Crippen molar-refractivity contribution in [3.63, 3.8) is 0 Å².